The number of anilines is 1. The molecule has 0 aliphatic heterocycles. The highest BCUT2D eigenvalue weighted by molar-refractivity contribution is 7.90. The first kappa shape index (κ1) is 14.9. The van der Waals surface area contributed by atoms with E-state index < -0.39 is 25.8 Å². The summed E-state index contributed by atoms with van der Waals surface area (Å²) in [4.78, 5) is 0.0573. The standard InChI is InChI=1S/C9H15N3O4S2/c1-11-8-4-2-3-5-9(8)18(15,16)12-6-7-17(10,13)14/h2-5,11-12H,6-7H2,1H3,(H2,10,13,14). The molecule has 4 N–H and O–H groups in total. The second-order valence-corrected chi connectivity index (χ2v) is 6.98. The summed E-state index contributed by atoms with van der Waals surface area (Å²) in [6, 6.07) is 6.30. The van der Waals surface area contributed by atoms with Gasteiger partial charge in [-0.3, -0.25) is 0 Å². The van der Waals surface area contributed by atoms with Crippen molar-refractivity contribution >= 4 is 25.7 Å². The summed E-state index contributed by atoms with van der Waals surface area (Å²) in [5, 5.41) is 7.53. The van der Waals surface area contributed by atoms with Crippen LogP contribution in [0.1, 0.15) is 0 Å². The zero-order valence-corrected chi connectivity index (χ0v) is 11.4. The van der Waals surface area contributed by atoms with Crippen LogP contribution in [0.3, 0.4) is 0 Å². The topological polar surface area (TPSA) is 118 Å². The molecule has 0 aliphatic rings. The first-order valence-corrected chi connectivity index (χ1v) is 8.23. The Labute approximate surface area is 106 Å². The highest BCUT2D eigenvalue weighted by Crippen LogP contribution is 2.19. The fourth-order valence-corrected chi connectivity index (χ4v) is 3.06. The van der Waals surface area contributed by atoms with E-state index >= 15 is 0 Å². The Morgan fingerprint density at radius 1 is 1.17 bits per heavy atom. The minimum Gasteiger partial charge on any atom is -0.387 e. The Balaban J connectivity index is 2.87. The van der Waals surface area contributed by atoms with Crippen molar-refractivity contribution in [3.8, 4) is 0 Å². The molecule has 1 aromatic carbocycles. The normalized spacial score (nSPS) is 12.3. The average Bonchev–Trinajstić information content (AvgIpc) is 2.27. The summed E-state index contributed by atoms with van der Waals surface area (Å²) < 4.78 is 47.4. The molecule has 0 aromatic heterocycles. The smallest absolute Gasteiger partial charge is 0.242 e. The SMILES string of the molecule is CNc1ccccc1S(=O)(=O)NCCS(N)(=O)=O. The van der Waals surface area contributed by atoms with Crippen molar-refractivity contribution in [2.24, 2.45) is 5.14 Å². The monoisotopic (exact) mass is 293 g/mol. The van der Waals surface area contributed by atoms with E-state index in [4.69, 9.17) is 5.14 Å². The Morgan fingerprint density at radius 2 is 1.78 bits per heavy atom. The molecule has 0 atom stereocenters. The lowest BCUT2D eigenvalue weighted by Crippen LogP contribution is -2.31. The third-order valence-electron chi connectivity index (χ3n) is 2.12. The van der Waals surface area contributed by atoms with E-state index in [1.807, 2.05) is 0 Å². The summed E-state index contributed by atoms with van der Waals surface area (Å²) in [6.07, 6.45) is 0. The number of sulfonamides is 2. The number of primary sulfonamides is 1. The van der Waals surface area contributed by atoms with Crippen LogP contribution in [0.2, 0.25) is 0 Å². The molecule has 0 heterocycles. The molecule has 0 bridgehead atoms. The molecule has 0 spiro atoms. The Kier molecular flexibility index (Phi) is 4.68. The largest absolute Gasteiger partial charge is 0.387 e. The van der Waals surface area contributed by atoms with E-state index in [1.165, 1.54) is 6.07 Å². The zero-order chi connectivity index (χ0) is 13.8. The van der Waals surface area contributed by atoms with Crippen LogP contribution in [0.5, 0.6) is 0 Å². The van der Waals surface area contributed by atoms with Crippen LogP contribution in [-0.4, -0.2) is 36.2 Å². The Hall–Kier alpha value is -1.16. The summed E-state index contributed by atoms with van der Waals surface area (Å²) in [5.74, 6) is -0.450. The third-order valence-corrected chi connectivity index (χ3v) is 4.42. The maximum Gasteiger partial charge on any atom is 0.242 e. The van der Waals surface area contributed by atoms with Crippen molar-refractivity contribution in [3.05, 3.63) is 24.3 Å². The molecule has 9 heteroatoms. The van der Waals surface area contributed by atoms with Gasteiger partial charge in [0.1, 0.15) is 4.90 Å². The van der Waals surface area contributed by atoms with Crippen LogP contribution in [0.25, 0.3) is 0 Å². The van der Waals surface area contributed by atoms with E-state index in [9.17, 15) is 16.8 Å². The number of nitrogens with two attached hydrogens (primary N) is 1. The summed E-state index contributed by atoms with van der Waals surface area (Å²) in [7, 11) is -5.85. The second-order valence-electron chi connectivity index (χ2n) is 3.51. The molecule has 0 aliphatic carbocycles. The van der Waals surface area contributed by atoms with Gasteiger partial charge in [-0.25, -0.2) is 26.7 Å². The number of hydrogen-bond donors (Lipinski definition) is 3. The highest BCUT2D eigenvalue weighted by Gasteiger charge is 2.17. The van der Waals surface area contributed by atoms with Crippen molar-refractivity contribution in [2.45, 2.75) is 4.90 Å². The minimum absolute atomic E-state index is 0.0573. The zero-order valence-electron chi connectivity index (χ0n) is 9.75. The predicted octanol–water partition coefficient (Wildman–Crippen LogP) is -0.705. The van der Waals surface area contributed by atoms with E-state index in [1.54, 1.807) is 25.2 Å². The van der Waals surface area contributed by atoms with Gasteiger partial charge in [0, 0.05) is 13.6 Å². The lowest BCUT2D eigenvalue weighted by molar-refractivity contribution is 0.581. The molecule has 0 saturated carbocycles. The number of rotatable bonds is 6. The van der Waals surface area contributed by atoms with Gasteiger partial charge in [-0.05, 0) is 12.1 Å². The maximum absolute atomic E-state index is 11.9. The summed E-state index contributed by atoms with van der Waals surface area (Å²) >= 11 is 0. The predicted molar refractivity (Wildman–Crippen MR) is 69.2 cm³/mol. The number of nitrogens with one attached hydrogen (secondary N) is 2. The first-order valence-electron chi connectivity index (χ1n) is 5.03. The van der Waals surface area contributed by atoms with Crippen molar-refractivity contribution < 1.29 is 16.8 Å². The minimum atomic E-state index is -3.76. The van der Waals surface area contributed by atoms with Gasteiger partial charge >= 0.3 is 0 Å². The molecule has 102 valence electrons. The van der Waals surface area contributed by atoms with Gasteiger partial charge in [-0.15, -0.1) is 0 Å². The highest BCUT2D eigenvalue weighted by atomic mass is 32.2. The van der Waals surface area contributed by atoms with E-state index in [0.717, 1.165) is 0 Å². The number of benzene rings is 1. The maximum atomic E-state index is 11.9. The molecule has 18 heavy (non-hydrogen) atoms. The second kappa shape index (κ2) is 5.65. The quantitative estimate of drug-likeness (QED) is 0.640. The molecule has 0 fully saturated rings. The van der Waals surface area contributed by atoms with Crippen molar-refractivity contribution in [1.82, 2.24) is 4.72 Å². The molecule has 0 amide bonds. The van der Waals surface area contributed by atoms with Gasteiger partial charge in [0.05, 0.1) is 11.4 Å². The molecular weight excluding hydrogens is 278 g/mol. The van der Waals surface area contributed by atoms with Crippen LogP contribution in [0.15, 0.2) is 29.2 Å². The van der Waals surface area contributed by atoms with Crippen LogP contribution in [-0.2, 0) is 20.0 Å². The first-order chi connectivity index (χ1) is 8.26. The summed E-state index contributed by atoms with van der Waals surface area (Å²) in [5.41, 5.74) is 0.431. The average molecular weight is 293 g/mol. The molecular formula is C9H15N3O4S2. The fourth-order valence-electron chi connectivity index (χ4n) is 1.30. The van der Waals surface area contributed by atoms with E-state index in [-0.39, 0.29) is 11.4 Å². The van der Waals surface area contributed by atoms with Crippen LogP contribution in [0.4, 0.5) is 5.69 Å². The van der Waals surface area contributed by atoms with Crippen molar-refractivity contribution in [3.63, 3.8) is 0 Å². The lowest BCUT2D eigenvalue weighted by Gasteiger charge is -2.10. The molecule has 7 nitrogen and oxygen atoms in total. The number of para-hydroxylation sites is 1. The number of hydrogen-bond acceptors (Lipinski definition) is 5. The lowest BCUT2D eigenvalue weighted by atomic mass is 10.3. The van der Waals surface area contributed by atoms with Crippen LogP contribution >= 0.6 is 0 Å². The van der Waals surface area contributed by atoms with E-state index in [0.29, 0.717) is 5.69 Å². The van der Waals surface area contributed by atoms with Gasteiger partial charge in [-0.1, -0.05) is 12.1 Å². The van der Waals surface area contributed by atoms with Gasteiger partial charge in [0.15, 0.2) is 0 Å². The van der Waals surface area contributed by atoms with Crippen LogP contribution < -0.4 is 15.2 Å². The van der Waals surface area contributed by atoms with Gasteiger partial charge in [-0.2, -0.15) is 0 Å². The van der Waals surface area contributed by atoms with Crippen molar-refractivity contribution in [1.29, 1.82) is 0 Å². The molecule has 0 radical (unpaired) electrons. The molecule has 1 rings (SSSR count). The van der Waals surface area contributed by atoms with Gasteiger partial charge in [0.2, 0.25) is 20.0 Å². The molecule has 1 aromatic rings. The Morgan fingerprint density at radius 3 is 2.33 bits per heavy atom. The molecule has 0 unspecified atom stereocenters. The third kappa shape index (κ3) is 4.26. The molecule has 0 saturated heterocycles. The van der Waals surface area contributed by atoms with Crippen molar-refractivity contribution in [2.75, 3.05) is 24.7 Å². The summed E-state index contributed by atoms with van der Waals surface area (Å²) in [6.45, 7) is -0.265. The Bertz CT molecular complexity index is 610. The van der Waals surface area contributed by atoms with Gasteiger partial charge in [0.25, 0.3) is 0 Å². The van der Waals surface area contributed by atoms with E-state index in [2.05, 4.69) is 10.0 Å². The fraction of sp³-hybridized carbons (Fsp3) is 0.333. The van der Waals surface area contributed by atoms with Gasteiger partial charge < -0.3 is 5.32 Å². The van der Waals surface area contributed by atoms with Crippen LogP contribution in [0, 0.1) is 0 Å².